The fourth-order valence-electron chi connectivity index (χ4n) is 3.73. The van der Waals surface area contributed by atoms with Gasteiger partial charge in [-0.1, -0.05) is 35.3 Å². The van der Waals surface area contributed by atoms with Crippen LogP contribution < -0.4 is 20.5 Å². The average Bonchev–Trinajstić information content (AvgIpc) is 3.13. The second-order valence-electron chi connectivity index (χ2n) is 7.76. The average molecular weight is 485 g/mol. The smallest absolute Gasteiger partial charge is 0.264 e. The van der Waals surface area contributed by atoms with E-state index in [1.54, 1.807) is 49.3 Å². The second-order valence-corrected chi connectivity index (χ2v) is 8.57. The van der Waals surface area contributed by atoms with E-state index in [4.69, 9.17) is 32.9 Å². The topological polar surface area (TPSA) is 105 Å². The van der Waals surface area contributed by atoms with Crippen molar-refractivity contribution in [1.29, 1.82) is 0 Å². The molecule has 33 heavy (non-hydrogen) atoms. The molecule has 1 aliphatic rings. The minimum absolute atomic E-state index is 0.0132. The van der Waals surface area contributed by atoms with Gasteiger partial charge in [0.1, 0.15) is 22.6 Å². The molecule has 1 amide bonds. The third-order valence-electron chi connectivity index (χ3n) is 5.19. The molecule has 5 rings (SSSR count). The first-order valence-corrected chi connectivity index (χ1v) is 10.8. The molecule has 2 N–H and O–H groups in total. The van der Waals surface area contributed by atoms with E-state index in [0.29, 0.717) is 56.3 Å². The van der Waals surface area contributed by atoms with E-state index in [0.717, 1.165) is 5.56 Å². The van der Waals surface area contributed by atoms with Crippen LogP contribution in [0.25, 0.3) is 16.7 Å². The molecule has 3 heterocycles. The van der Waals surface area contributed by atoms with Crippen LogP contribution in [-0.2, 0) is 11.2 Å². The number of amides is 1. The molecule has 0 unspecified atom stereocenters. The SMILES string of the molecule is CN(C)c1nn(-c2c(Cl)cccc2Cl)c2nc(Cc3ccc4c(c3)NC(=O)CO4)[nH]c(=O)c12. The molecule has 0 aliphatic carbocycles. The highest BCUT2D eigenvalue weighted by molar-refractivity contribution is 6.37. The Kier molecular flexibility index (Phi) is 5.22. The Labute approximate surface area is 197 Å². The molecule has 0 spiro atoms. The van der Waals surface area contributed by atoms with Crippen LogP contribution in [0, 0.1) is 0 Å². The van der Waals surface area contributed by atoms with Gasteiger partial charge in [-0.2, -0.15) is 0 Å². The molecule has 4 aromatic rings. The van der Waals surface area contributed by atoms with Gasteiger partial charge in [0.05, 0.1) is 15.7 Å². The van der Waals surface area contributed by atoms with Crippen molar-refractivity contribution in [3.63, 3.8) is 0 Å². The second kappa shape index (κ2) is 8.09. The molecular formula is C22H18Cl2N6O3. The van der Waals surface area contributed by atoms with Gasteiger partial charge in [-0.15, -0.1) is 5.10 Å². The number of nitrogens with one attached hydrogen (secondary N) is 2. The lowest BCUT2D eigenvalue weighted by molar-refractivity contribution is -0.118. The standard InChI is InChI=1S/C22H18Cl2N6O3/c1-29(2)21-18-20(30(28-21)19-12(23)4-3-5-13(19)24)26-16(27-22(18)32)9-11-6-7-15-14(8-11)25-17(31)10-33-15/h3-8H,9-10H2,1-2H3,(H,25,31)(H,26,27,32). The Morgan fingerprint density at radius 3 is 2.64 bits per heavy atom. The molecule has 0 atom stereocenters. The molecule has 11 heteroatoms. The number of halogens is 2. The van der Waals surface area contributed by atoms with Crippen molar-refractivity contribution >= 4 is 51.6 Å². The maximum absolute atomic E-state index is 13.1. The predicted molar refractivity (Wildman–Crippen MR) is 127 cm³/mol. The third kappa shape index (κ3) is 3.79. The first kappa shape index (κ1) is 21.3. The zero-order valence-corrected chi connectivity index (χ0v) is 19.2. The molecule has 2 aromatic carbocycles. The highest BCUT2D eigenvalue weighted by Crippen LogP contribution is 2.33. The largest absolute Gasteiger partial charge is 0.482 e. The molecular weight excluding hydrogens is 467 g/mol. The first-order chi connectivity index (χ1) is 15.8. The van der Waals surface area contributed by atoms with Gasteiger partial charge in [0, 0.05) is 20.5 Å². The molecule has 0 saturated carbocycles. The zero-order chi connectivity index (χ0) is 23.3. The fourth-order valence-corrected chi connectivity index (χ4v) is 4.29. The quantitative estimate of drug-likeness (QED) is 0.459. The summed E-state index contributed by atoms with van der Waals surface area (Å²) in [4.78, 5) is 34.0. The maximum Gasteiger partial charge on any atom is 0.264 e. The van der Waals surface area contributed by atoms with Gasteiger partial charge in [0.2, 0.25) is 0 Å². The fraction of sp³-hybridized carbons (Fsp3) is 0.182. The summed E-state index contributed by atoms with van der Waals surface area (Å²) >= 11 is 12.8. The molecule has 0 radical (unpaired) electrons. The minimum atomic E-state index is -0.331. The number of H-pyrrole nitrogens is 1. The highest BCUT2D eigenvalue weighted by atomic mass is 35.5. The van der Waals surface area contributed by atoms with Gasteiger partial charge in [0.25, 0.3) is 11.5 Å². The van der Waals surface area contributed by atoms with Gasteiger partial charge in [-0.25, -0.2) is 9.67 Å². The van der Waals surface area contributed by atoms with E-state index in [1.807, 2.05) is 6.07 Å². The number of aromatic nitrogens is 4. The van der Waals surface area contributed by atoms with E-state index in [-0.39, 0.29) is 18.1 Å². The summed E-state index contributed by atoms with van der Waals surface area (Å²) in [5.41, 5.74) is 1.85. The van der Waals surface area contributed by atoms with Crippen molar-refractivity contribution in [3.05, 3.63) is 68.2 Å². The number of rotatable bonds is 4. The summed E-state index contributed by atoms with van der Waals surface area (Å²) in [5.74, 6) is 1.24. The van der Waals surface area contributed by atoms with E-state index in [1.165, 1.54) is 4.68 Å². The molecule has 0 bridgehead atoms. The Morgan fingerprint density at radius 2 is 1.91 bits per heavy atom. The van der Waals surface area contributed by atoms with Crippen molar-refractivity contribution in [2.75, 3.05) is 30.9 Å². The van der Waals surface area contributed by atoms with Crippen molar-refractivity contribution in [3.8, 4) is 11.4 Å². The van der Waals surface area contributed by atoms with E-state index in [2.05, 4.69) is 15.4 Å². The van der Waals surface area contributed by atoms with Crippen LogP contribution in [0.4, 0.5) is 11.5 Å². The number of benzene rings is 2. The molecule has 0 saturated heterocycles. The number of anilines is 2. The Bertz CT molecular complexity index is 1460. The summed E-state index contributed by atoms with van der Waals surface area (Å²) in [7, 11) is 3.58. The Balaban J connectivity index is 1.65. The molecule has 2 aromatic heterocycles. The van der Waals surface area contributed by atoms with Crippen LogP contribution in [0.1, 0.15) is 11.4 Å². The minimum Gasteiger partial charge on any atom is -0.482 e. The summed E-state index contributed by atoms with van der Waals surface area (Å²) in [6.45, 7) is -0.0132. The number of aromatic amines is 1. The van der Waals surface area contributed by atoms with Crippen molar-refractivity contribution in [2.24, 2.45) is 0 Å². The predicted octanol–water partition coefficient (Wildman–Crippen LogP) is 3.40. The first-order valence-electron chi connectivity index (χ1n) is 10.0. The number of fused-ring (bicyclic) bond motifs is 2. The lowest BCUT2D eigenvalue weighted by Gasteiger charge is -2.18. The lowest BCUT2D eigenvalue weighted by atomic mass is 10.1. The van der Waals surface area contributed by atoms with Crippen LogP contribution in [0.2, 0.25) is 10.0 Å². The van der Waals surface area contributed by atoms with Crippen LogP contribution >= 0.6 is 23.2 Å². The van der Waals surface area contributed by atoms with E-state index >= 15 is 0 Å². The zero-order valence-electron chi connectivity index (χ0n) is 17.6. The molecule has 1 aliphatic heterocycles. The summed E-state index contributed by atoms with van der Waals surface area (Å²) in [6, 6.07) is 10.6. The summed E-state index contributed by atoms with van der Waals surface area (Å²) < 4.78 is 6.90. The van der Waals surface area contributed by atoms with Crippen LogP contribution in [0.3, 0.4) is 0 Å². The number of carbonyl (C=O) groups is 1. The number of ether oxygens (including phenoxy) is 1. The maximum atomic E-state index is 13.1. The van der Waals surface area contributed by atoms with Gasteiger partial charge in [-0.3, -0.25) is 9.59 Å². The monoisotopic (exact) mass is 484 g/mol. The number of hydrogen-bond donors (Lipinski definition) is 2. The summed E-state index contributed by atoms with van der Waals surface area (Å²) in [5, 5.41) is 8.45. The van der Waals surface area contributed by atoms with Gasteiger partial charge >= 0.3 is 0 Å². The van der Waals surface area contributed by atoms with Crippen LogP contribution in [0.5, 0.6) is 5.75 Å². The number of carbonyl (C=O) groups excluding carboxylic acids is 1. The molecule has 9 nitrogen and oxygen atoms in total. The van der Waals surface area contributed by atoms with Gasteiger partial charge in [0.15, 0.2) is 18.1 Å². The van der Waals surface area contributed by atoms with Crippen molar-refractivity contribution < 1.29 is 9.53 Å². The number of para-hydroxylation sites is 1. The number of hydrogen-bond acceptors (Lipinski definition) is 6. The van der Waals surface area contributed by atoms with E-state index in [9.17, 15) is 9.59 Å². The Morgan fingerprint density at radius 1 is 1.15 bits per heavy atom. The summed E-state index contributed by atoms with van der Waals surface area (Å²) in [6.07, 6.45) is 0.313. The lowest BCUT2D eigenvalue weighted by Crippen LogP contribution is -2.25. The Hall–Kier alpha value is -3.56. The van der Waals surface area contributed by atoms with Crippen molar-refractivity contribution in [1.82, 2.24) is 19.7 Å². The third-order valence-corrected chi connectivity index (χ3v) is 5.80. The van der Waals surface area contributed by atoms with Crippen LogP contribution in [0.15, 0.2) is 41.2 Å². The van der Waals surface area contributed by atoms with Gasteiger partial charge < -0.3 is 19.9 Å². The molecule has 0 fully saturated rings. The number of nitrogens with zero attached hydrogens (tertiary/aromatic N) is 4. The van der Waals surface area contributed by atoms with Gasteiger partial charge in [-0.05, 0) is 29.8 Å². The van der Waals surface area contributed by atoms with E-state index < -0.39 is 0 Å². The van der Waals surface area contributed by atoms with Crippen LogP contribution in [-0.4, -0.2) is 46.4 Å². The van der Waals surface area contributed by atoms with Crippen molar-refractivity contribution in [2.45, 2.75) is 6.42 Å². The normalized spacial score (nSPS) is 12.9. The molecule has 168 valence electrons. The highest BCUT2D eigenvalue weighted by Gasteiger charge is 2.22.